The van der Waals surface area contributed by atoms with Crippen molar-refractivity contribution in [3.8, 4) is 0 Å². The monoisotopic (exact) mass is 169 g/mol. The minimum Gasteiger partial charge on any atom is -0.464 e. The Kier molecular flexibility index (Phi) is 1.48. The Morgan fingerprint density at radius 1 is 1.75 bits per heavy atom. The van der Waals surface area contributed by atoms with Crippen molar-refractivity contribution >= 4 is 11.8 Å². The summed E-state index contributed by atoms with van der Waals surface area (Å²) >= 11 is 0. The van der Waals surface area contributed by atoms with Crippen LogP contribution in [-0.4, -0.2) is 29.9 Å². The smallest absolute Gasteiger partial charge is 0.331 e. The highest BCUT2D eigenvalue weighted by Gasteiger charge is 2.63. The number of esters is 1. The first kappa shape index (κ1) is 7.73. The van der Waals surface area contributed by atoms with Crippen LogP contribution < -0.4 is 5.32 Å². The molecule has 1 heterocycles. The first-order valence-corrected chi connectivity index (χ1v) is 4.18. The molecule has 2 rings (SSSR count). The normalized spacial score (nSPS) is 29.8. The summed E-state index contributed by atoms with van der Waals surface area (Å²) in [6.45, 7) is 2.06. The molecule has 0 aromatic heterocycles. The molecule has 1 atom stereocenters. The van der Waals surface area contributed by atoms with Crippen molar-refractivity contribution in [2.75, 3.05) is 6.61 Å². The summed E-state index contributed by atoms with van der Waals surface area (Å²) in [6, 6.07) is -0.674. The minimum atomic E-state index is -0.674. The van der Waals surface area contributed by atoms with Crippen molar-refractivity contribution in [3.05, 3.63) is 0 Å². The first-order valence-electron chi connectivity index (χ1n) is 4.18. The molecule has 1 N–H and O–H groups in total. The highest BCUT2D eigenvalue weighted by Crippen LogP contribution is 2.43. The van der Waals surface area contributed by atoms with Crippen LogP contribution in [0.1, 0.15) is 19.8 Å². The second kappa shape index (κ2) is 2.29. The summed E-state index contributed by atoms with van der Waals surface area (Å²) in [5, 5.41) is 2.94. The van der Waals surface area contributed by atoms with Gasteiger partial charge in [0.25, 0.3) is 0 Å². The van der Waals surface area contributed by atoms with E-state index in [0.717, 1.165) is 12.8 Å². The van der Waals surface area contributed by atoms with Gasteiger partial charge in [-0.25, -0.2) is 4.79 Å². The van der Waals surface area contributed by atoms with Crippen LogP contribution in [0.15, 0.2) is 0 Å². The molecule has 1 spiro atoms. The third-order valence-electron chi connectivity index (χ3n) is 2.43. The van der Waals surface area contributed by atoms with E-state index in [0.29, 0.717) is 6.61 Å². The molecule has 0 bridgehead atoms. The van der Waals surface area contributed by atoms with Gasteiger partial charge in [-0.3, -0.25) is 10.1 Å². The maximum atomic E-state index is 11.3. The molecule has 66 valence electrons. The Balaban J connectivity index is 1.92. The number of carbonyl (C=O) groups excluding carboxylic acids is 2. The molecule has 0 aromatic carbocycles. The summed E-state index contributed by atoms with van der Waals surface area (Å²) in [6.07, 6.45) is 1.75. The Bertz CT molecular complexity index is 245. The number of carbonyl (C=O) groups is 2. The lowest BCUT2D eigenvalue weighted by Crippen LogP contribution is -2.68. The lowest BCUT2D eigenvalue weighted by Gasteiger charge is -2.33. The summed E-state index contributed by atoms with van der Waals surface area (Å²) in [5.74, 6) is -0.416. The van der Waals surface area contributed by atoms with Gasteiger partial charge in [0.15, 0.2) is 11.8 Å². The van der Waals surface area contributed by atoms with Crippen LogP contribution in [-0.2, 0) is 14.3 Å². The lowest BCUT2D eigenvalue weighted by atomic mass is 9.92. The first-order chi connectivity index (χ1) is 5.69. The van der Waals surface area contributed by atoms with Crippen LogP contribution in [0.5, 0.6) is 0 Å². The topological polar surface area (TPSA) is 55.4 Å². The van der Waals surface area contributed by atoms with Gasteiger partial charge in [-0.15, -0.1) is 0 Å². The minimum absolute atomic E-state index is 0.0148. The zero-order valence-corrected chi connectivity index (χ0v) is 6.92. The Hall–Kier alpha value is -0.900. The number of nitrogens with one attached hydrogen (secondary N) is 1. The van der Waals surface area contributed by atoms with Crippen LogP contribution in [0, 0.1) is 0 Å². The Morgan fingerprint density at radius 3 is 2.83 bits per heavy atom. The molecular weight excluding hydrogens is 158 g/mol. The molecule has 1 aliphatic carbocycles. The molecule has 0 aromatic rings. The number of Topliss-reactive ketones (excluding diaryl/α,β-unsaturated/α-hetero) is 1. The summed E-state index contributed by atoms with van der Waals surface area (Å²) in [5.41, 5.74) is -0.308. The molecule has 4 nitrogen and oxygen atoms in total. The molecule has 12 heavy (non-hydrogen) atoms. The molecule has 1 unspecified atom stereocenters. The summed E-state index contributed by atoms with van der Waals surface area (Å²) < 4.78 is 4.72. The van der Waals surface area contributed by atoms with E-state index in [1.807, 2.05) is 0 Å². The molecule has 0 radical (unpaired) electrons. The predicted octanol–water partition coefficient (Wildman–Crippen LogP) is -0.377. The van der Waals surface area contributed by atoms with E-state index in [2.05, 4.69) is 5.32 Å². The van der Waals surface area contributed by atoms with Crippen LogP contribution in [0.3, 0.4) is 0 Å². The standard InChI is InChI=1S/C8H11NO3/c1-2-12-7(11)5-6(10)8(9-5)3-4-8/h5,9H,2-4H2,1H3. The number of ketones is 1. The van der Waals surface area contributed by atoms with Crippen molar-refractivity contribution < 1.29 is 14.3 Å². The number of hydrogen-bond donors (Lipinski definition) is 1. The van der Waals surface area contributed by atoms with Gasteiger partial charge in [0.2, 0.25) is 0 Å². The van der Waals surface area contributed by atoms with Gasteiger partial charge in [-0.05, 0) is 19.8 Å². The van der Waals surface area contributed by atoms with Gasteiger partial charge < -0.3 is 4.74 Å². The van der Waals surface area contributed by atoms with E-state index in [9.17, 15) is 9.59 Å². The Morgan fingerprint density at radius 2 is 2.42 bits per heavy atom. The maximum absolute atomic E-state index is 11.3. The zero-order chi connectivity index (χ0) is 8.77. The van der Waals surface area contributed by atoms with Crippen LogP contribution >= 0.6 is 0 Å². The summed E-state index contributed by atoms with van der Waals surface area (Å²) in [4.78, 5) is 22.3. The number of rotatable bonds is 2. The second-order valence-corrected chi connectivity index (χ2v) is 3.28. The quantitative estimate of drug-likeness (QED) is 0.452. The van der Waals surface area contributed by atoms with Crippen LogP contribution in [0.4, 0.5) is 0 Å². The van der Waals surface area contributed by atoms with Gasteiger partial charge in [0.1, 0.15) is 0 Å². The van der Waals surface area contributed by atoms with E-state index in [4.69, 9.17) is 4.74 Å². The molecule has 1 saturated heterocycles. The predicted molar refractivity (Wildman–Crippen MR) is 40.5 cm³/mol. The molecule has 1 aliphatic heterocycles. The highest BCUT2D eigenvalue weighted by molar-refractivity contribution is 6.14. The highest BCUT2D eigenvalue weighted by atomic mass is 16.5. The van der Waals surface area contributed by atoms with Gasteiger partial charge >= 0.3 is 5.97 Å². The van der Waals surface area contributed by atoms with E-state index < -0.39 is 12.0 Å². The van der Waals surface area contributed by atoms with E-state index >= 15 is 0 Å². The van der Waals surface area contributed by atoms with E-state index in [-0.39, 0.29) is 11.3 Å². The average Bonchev–Trinajstić information content (AvgIpc) is 2.81. The SMILES string of the molecule is CCOC(=O)C1NC2(CC2)C1=O. The third kappa shape index (κ3) is 0.876. The van der Waals surface area contributed by atoms with Gasteiger partial charge in [-0.2, -0.15) is 0 Å². The van der Waals surface area contributed by atoms with Gasteiger partial charge in [-0.1, -0.05) is 0 Å². The van der Waals surface area contributed by atoms with Crippen molar-refractivity contribution in [3.63, 3.8) is 0 Å². The van der Waals surface area contributed by atoms with Crippen molar-refractivity contribution in [1.82, 2.24) is 5.32 Å². The molecule has 2 aliphatic rings. The average molecular weight is 169 g/mol. The maximum Gasteiger partial charge on any atom is 0.331 e. The zero-order valence-electron chi connectivity index (χ0n) is 6.92. The fourth-order valence-electron chi connectivity index (χ4n) is 1.52. The number of hydrogen-bond acceptors (Lipinski definition) is 4. The molecular formula is C8H11NO3. The molecule has 0 amide bonds. The fraction of sp³-hybridized carbons (Fsp3) is 0.750. The van der Waals surface area contributed by atoms with Gasteiger partial charge in [0.05, 0.1) is 12.1 Å². The Labute approximate surface area is 70.3 Å². The lowest BCUT2D eigenvalue weighted by molar-refractivity contribution is -0.154. The van der Waals surface area contributed by atoms with E-state index in [1.165, 1.54) is 0 Å². The van der Waals surface area contributed by atoms with Crippen LogP contribution in [0.2, 0.25) is 0 Å². The van der Waals surface area contributed by atoms with Gasteiger partial charge in [0, 0.05) is 0 Å². The summed E-state index contributed by atoms with van der Waals surface area (Å²) in [7, 11) is 0. The molecule has 4 heteroatoms. The second-order valence-electron chi connectivity index (χ2n) is 3.28. The van der Waals surface area contributed by atoms with Crippen LogP contribution in [0.25, 0.3) is 0 Å². The van der Waals surface area contributed by atoms with Crippen molar-refractivity contribution in [2.45, 2.75) is 31.3 Å². The van der Waals surface area contributed by atoms with Crippen molar-refractivity contribution in [1.29, 1.82) is 0 Å². The third-order valence-corrected chi connectivity index (χ3v) is 2.43. The largest absolute Gasteiger partial charge is 0.464 e. The number of ether oxygens (including phenoxy) is 1. The van der Waals surface area contributed by atoms with E-state index in [1.54, 1.807) is 6.92 Å². The molecule has 2 fully saturated rings. The fourth-order valence-corrected chi connectivity index (χ4v) is 1.52. The van der Waals surface area contributed by atoms with Crippen molar-refractivity contribution in [2.24, 2.45) is 0 Å². The molecule has 1 saturated carbocycles.